The number of allylic oxidation sites excluding steroid dienone is 2. The van der Waals surface area contributed by atoms with E-state index in [4.69, 9.17) is 9.47 Å². The van der Waals surface area contributed by atoms with Crippen molar-refractivity contribution in [1.29, 1.82) is 0 Å². The number of esters is 2. The molecule has 2 aliphatic rings. The van der Waals surface area contributed by atoms with Gasteiger partial charge in [-0.05, 0) is 70.3 Å². The molecular formula is C20H30O5. The van der Waals surface area contributed by atoms with Crippen molar-refractivity contribution < 1.29 is 23.9 Å². The highest BCUT2D eigenvalue weighted by molar-refractivity contribution is 6.00. The summed E-state index contributed by atoms with van der Waals surface area (Å²) < 4.78 is 10.4. The van der Waals surface area contributed by atoms with E-state index in [1.54, 1.807) is 20.8 Å². The lowest BCUT2D eigenvalue weighted by molar-refractivity contribution is -0.176. The zero-order chi connectivity index (χ0) is 18.8. The van der Waals surface area contributed by atoms with Crippen LogP contribution in [0.15, 0.2) is 11.1 Å². The van der Waals surface area contributed by atoms with Gasteiger partial charge in [0.05, 0.1) is 13.2 Å². The summed E-state index contributed by atoms with van der Waals surface area (Å²) in [5, 5.41) is 0. The molecule has 2 unspecified atom stereocenters. The first-order chi connectivity index (χ1) is 11.7. The quantitative estimate of drug-likeness (QED) is 0.560. The number of hydrogen-bond donors (Lipinski definition) is 0. The van der Waals surface area contributed by atoms with Crippen molar-refractivity contribution in [3.63, 3.8) is 0 Å². The molecule has 5 nitrogen and oxygen atoms in total. The molecule has 0 saturated heterocycles. The third kappa shape index (κ3) is 3.38. The predicted molar refractivity (Wildman–Crippen MR) is 93.8 cm³/mol. The normalized spacial score (nSPS) is 26.9. The maximum absolute atomic E-state index is 12.7. The van der Waals surface area contributed by atoms with Crippen molar-refractivity contribution in [3.05, 3.63) is 11.1 Å². The van der Waals surface area contributed by atoms with Gasteiger partial charge >= 0.3 is 11.9 Å². The third-order valence-corrected chi connectivity index (χ3v) is 6.21. The molecule has 1 fully saturated rings. The molecule has 1 saturated carbocycles. The van der Waals surface area contributed by atoms with Crippen LogP contribution in [0.4, 0.5) is 0 Å². The minimum Gasteiger partial charge on any atom is -0.465 e. The van der Waals surface area contributed by atoms with Crippen molar-refractivity contribution in [2.24, 2.45) is 16.7 Å². The molecule has 0 amide bonds. The largest absolute Gasteiger partial charge is 0.465 e. The van der Waals surface area contributed by atoms with E-state index in [2.05, 4.69) is 6.92 Å². The van der Waals surface area contributed by atoms with Gasteiger partial charge in [0.2, 0.25) is 0 Å². The molecule has 25 heavy (non-hydrogen) atoms. The van der Waals surface area contributed by atoms with E-state index >= 15 is 0 Å². The number of rotatable bonds is 5. The smallest absolute Gasteiger partial charge is 0.323 e. The maximum Gasteiger partial charge on any atom is 0.323 e. The second-order valence-electron chi connectivity index (χ2n) is 7.67. The number of carbonyl (C=O) groups excluding carboxylic acids is 3. The van der Waals surface area contributed by atoms with E-state index in [-0.39, 0.29) is 30.3 Å². The Morgan fingerprint density at radius 3 is 2.24 bits per heavy atom. The molecule has 0 aromatic heterocycles. The topological polar surface area (TPSA) is 69.7 Å². The van der Waals surface area contributed by atoms with Crippen LogP contribution in [0.2, 0.25) is 0 Å². The van der Waals surface area contributed by atoms with Crippen LogP contribution in [0.1, 0.15) is 66.7 Å². The minimum absolute atomic E-state index is 0.00126. The monoisotopic (exact) mass is 350 g/mol. The van der Waals surface area contributed by atoms with E-state index in [0.29, 0.717) is 12.8 Å². The number of hydrogen-bond acceptors (Lipinski definition) is 5. The summed E-state index contributed by atoms with van der Waals surface area (Å²) >= 11 is 0. The minimum atomic E-state index is -1.33. The Bertz CT molecular complexity index is 585. The number of carbonyl (C=O) groups is 3. The van der Waals surface area contributed by atoms with Crippen molar-refractivity contribution >= 4 is 17.7 Å². The second kappa shape index (κ2) is 7.30. The highest BCUT2D eigenvalue weighted by Crippen LogP contribution is 2.54. The first-order valence-electron chi connectivity index (χ1n) is 9.28. The maximum atomic E-state index is 12.7. The number of ether oxygens (including phenoxy) is 2. The van der Waals surface area contributed by atoms with Gasteiger partial charge in [-0.3, -0.25) is 14.4 Å². The first kappa shape index (κ1) is 19.7. The molecule has 0 heterocycles. The second-order valence-corrected chi connectivity index (χ2v) is 7.67. The summed E-state index contributed by atoms with van der Waals surface area (Å²) in [5.41, 5.74) is 0.591. The Hall–Kier alpha value is -1.65. The van der Waals surface area contributed by atoms with Gasteiger partial charge in [0.15, 0.2) is 11.2 Å². The Morgan fingerprint density at radius 1 is 1.16 bits per heavy atom. The first-order valence-corrected chi connectivity index (χ1v) is 9.28. The fourth-order valence-corrected chi connectivity index (χ4v) is 4.34. The van der Waals surface area contributed by atoms with Gasteiger partial charge in [0.25, 0.3) is 0 Å². The van der Waals surface area contributed by atoms with Crippen LogP contribution in [0.5, 0.6) is 0 Å². The van der Waals surface area contributed by atoms with Crippen LogP contribution in [-0.4, -0.2) is 30.9 Å². The van der Waals surface area contributed by atoms with Crippen molar-refractivity contribution in [3.8, 4) is 0 Å². The average Bonchev–Trinajstić information content (AvgIpc) is 2.58. The molecule has 0 aliphatic heterocycles. The molecule has 2 rings (SSSR count). The van der Waals surface area contributed by atoms with Gasteiger partial charge in [-0.15, -0.1) is 0 Å². The molecule has 2 atom stereocenters. The van der Waals surface area contributed by atoms with Crippen molar-refractivity contribution in [1.82, 2.24) is 0 Å². The van der Waals surface area contributed by atoms with E-state index in [9.17, 15) is 14.4 Å². The van der Waals surface area contributed by atoms with E-state index in [0.717, 1.165) is 30.4 Å². The van der Waals surface area contributed by atoms with E-state index in [1.165, 1.54) is 0 Å². The van der Waals surface area contributed by atoms with Gasteiger partial charge in [0, 0.05) is 6.42 Å². The zero-order valence-corrected chi connectivity index (χ0v) is 16.1. The predicted octanol–water partition coefficient (Wildman–Crippen LogP) is 3.60. The molecule has 0 aromatic carbocycles. The molecule has 0 spiro atoms. The van der Waals surface area contributed by atoms with E-state index < -0.39 is 17.4 Å². The Morgan fingerprint density at radius 2 is 1.72 bits per heavy atom. The molecule has 0 N–H and O–H groups in total. The summed E-state index contributed by atoms with van der Waals surface area (Å²) in [6, 6.07) is 0. The molecule has 140 valence electrons. The van der Waals surface area contributed by atoms with Crippen LogP contribution < -0.4 is 0 Å². The SMILES string of the molecule is CCOC(=O)C(C)(C(=O)OCC)C1CCC2(C)CCC(=O)C(C)=C2C1. The van der Waals surface area contributed by atoms with Crippen LogP contribution in [0.3, 0.4) is 0 Å². The van der Waals surface area contributed by atoms with Crippen LogP contribution >= 0.6 is 0 Å². The highest BCUT2D eigenvalue weighted by atomic mass is 16.6. The fraction of sp³-hybridized carbons (Fsp3) is 0.750. The van der Waals surface area contributed by atoms with E-state index in [1.807, 2.05) is 6.92 Å². The lowest BCUT2D eigenvalue weighted by Crippen LogP contribution is -2.48. The molecule has 0 bridgehead atoms. The van der Waals surface area contributed by atoms with Gasteiger partial charge in [-0.2, -0.15) is 0 Å². The lowest BCUT2D eigenvalue weighted by Gasteiger charge is -2.46. The Balaban J connectivity index is 2.39. The summed E-state index contributed by atoms with van der Waals surface area (Å²) in [7, 11) is 0. The fourth-order valence-electron chi connectivity index (χ4n) is 4.34. The zero-order valence-electron chi connectivity index (χ0n) is 16.1. The lowest BCUT2D eigenvalue weighted by atomic mass is 9.57. The Labute approximate surface area is 150 Å². The summed E-state index contributed by atoms with van der Waals surface area (Å²) in [5.74, 6) is -1.08. The summed E-state index contributed by atoms with van der Waals surface area (Å²) in [6.45, 7) is 9.61. The molecule has 5 heteroatoms. The van der Waals surface area contributed by atoms with Gasteiger partial charge < -0.3 is 9.47 Å². The van der Waals surface area contributed by atoms with Crippen LogP contribution in [-0.2, 0) is 23.9 Å². The standard InChI is InChI=1S/C20H30O5/c1-6-24-17(22)20(5,18(23)25-7-2)14-8-10-19(4)11-9-16(21)13(3)15(19)12-14/h14H,6-12H2,1-5H3. The number of ketones is 1. The number of fused-ring (bicyclic) bond motifs is 1. The summed E-state index contributed by atoms with van der Waals surface area (Å²) in [4.78, 5) is 37.5. The van der Waals surface area contributed by atoms with Gasteiger partial charge in [-0.25, -0.2) is 0 Å². The van der Waals surface area contributed by atoms with Crippen molar-refractivity contribution in [2.45, 2.75) is 66.7 Å². The highest BCUT2D eigenvalue weighted by Gasteiger charge is 2.54. The molecule has 0 aromatic rings. The van der Waals surface area contributed by atoms with Crippen molar-refractivity contribution in [2.75, 3.05) is 13.2 Å². The molecule has 0 radical (unpaired) electrons. The van der Waals surface area contributed by atoms with Crippen LogP contribution in [0, 0.1) is 16.7 Å². The molecular weight excluding hydrogens is 320 g/mol. The average molecular weight is 350 g/mol. The third-order valence-electron chi connectivity index (χ3n) is 6.21. The van der Waals surface area contributed by atoms with Crippen LogP contribution in [0.25, 0.3) is 0 Å². The number of Topliss-reactive ketones (excluding diaryl/α,β-unsaturated/α-hetero) is 1. The summed E-state index contributed by atoms with van der Waals surface area (Å²) in [6.07, 6.45) is 3.62. The molecule has 2 aliphatic carbocycles. The Kier molecular flexibility index (Phi) is 5.75. The van der Waals surface area contributed by atoms with Gasteiger partial charge in [-0.1, -0.05) is 12.5 Å². The van der Waals surface area contributed by atoms with Gasteiger partial charge in [0.1, 0.15) is 0 Å².